The van der Waals surface area contributed by atoms with Crippen LogP contribution in [0.1, 0.15) is 47.2 Å². The summed E-state index contributed by atoms with van der Waals surface area (Å²) in [6, 6.07) is 4.03. The second-order valence-electron chi connectivity index (χ2n) is 7.78. The molecule has 0 N–H and O–H groups in total. The van der Waals surface area contributed by atoms with Gasteiger partial charge in [0, 0.05) is 55.4 Å². The Balaban J connectivity index is 1.29. The molecular formula is C20H28N4OS. The molecule has 0 aromatic carbocycles. The standard InChI is InChI=1S/C20H28N4OS/c1-23(2)12-16-10-17(6-8-21-16)25-18-7-9-24(13-18)14-19-11-22-20(26-19)15-4-3-5-15/h6,8,10-11,15,18H,3-5,7,9,12-14H2,1-2H3. The SMILES string of the molecule is CN(C)Cc1cc(OC2CCN(Cc3cnc(C4CCC4)s3)C2)ccn1. The Bertz CT molecular complexity index is 728. The minimum atomic E-state index is 0.267. The van der Waals surface area contributed by atoms with Crippen molar-refractivity contribution >= 4 is 11.3 Å². The normalized spacial score (nSPS) is 21.3. The zero-order chi connectivity index (χ0) is 17.9. The quantitative estimate of drug-likeness (QED) is 0.744. The van der Waals surface area contributed by atoms with Gasteiger partial charge in [0.15, 0.2) is 0 Å². The number of nitrogens with zero attached hydrogens (tertiary/aromatic N) is 4. The van der Waals surface area contributed by atoms with Crippen LogP contribution in [0.3, 0.4) is 0 Å². The molecule has 2 aromatic rings. The van der Waals surface area contributed by atoms with E-state index in [-0.39, 0.29) is 6.10 Å². The van der Waals surface area contributed by atoms with Gasteiger partial charge in [-0.1, -0.05) is 6.42 Å². The van der Waals surface area contributed by atoms with E-state index in [1.165, 1.54) is 29.1 Å². The van der Waals surface area contributed by atoms with Gasteiger partial charge in [-0.15, -0.1) is 11.3 Å². The first-order chi connectivity index (χ1) is 12.7. The van der Waals surface area contributed by atoms with E-state index < -0.39 is 0 Å². The van der Waals surface area contributed by atoms with Crippen LogP contribution in [0.5, 0.6) is 5.75 Å². The highest BCUT2D eigenvalue weighted by Gasteiger charge is 2.26. The number of hydrogen-bond donors (Lipinski definition) is 0. The Kier molecular flexibility index (Phi) is 5.52. The predicted octanol–water partition coefficient (Wildman–Crippen LogP) is 3.52. The van der Waals surface area contributed by atoms with E-state index in [0.29, 0.717) is 0 Å². The zero-order valence-electron chi connectivity index (χ0n) is 15.7. The van der Waals surface area contributed by atoms with Gasteiger partial charge >= 0.3 is 0 Å². The van der Waals surface area contributed by atoms with Gasteiger partial charge in [-0.2, -0.15) is 0 Å². The molecule has 1 saturated carbocycles. The zero-order valence-corrected chi connectivity index (χ0v) is 16.5. The van der Waals surface area contributed by atoms with E-state index in [9.17, 15) is 0 Å². The van der Waals surface area contributed by atoms with Crippen molar-refractivity contribution < 1.29 is 4.74 Å². The maximum absolute atomic E-state index is 6.22. The summed E-state index contributed by atoms with van der Waals surface area (Å²) >= 11 is 1.91. The topological polar surface area (TPSA) is 41.5 Å². The molecule has 26 heavy (non-hydrogen) atoms. The number of pyridine rings is 1. The Hall–Kier alpha value is -1.50. The summed E-state index contributed by atoms with van der Waals surface area (Å²) in [7, 11) is 4.11. The monoisotopic (exact) mass is 372 g/mol. The van der Waals surface area contributed by atoms with Crippen LogP contribution in [0, 0.1) is 0 Å². The first-order valence-corrected chi connectivity index (χ1v) is 10.4. The first-order valence-electron chi connectivity index (χ1n) is 9.59. The Morgan fingerprint density at radius 3 is 2.92 bits per heavy atom. The van der Waals surface area contributed by atoms with E-state index in [1.807, 2.05) is 23.6 Å². The molecule has 3 heterocycles. The molecule has 1 unspecified atom stereocenters. The lowest BCUT2D eigenvalue weighted by Crippen LogP contribution is -2.24. The van der Waals surface area contributed by atoms with Crippen LogP contribution in [0.4, 0.5) is 0 Å². The molecule has 1 aliphatic heterocycles. The molecule has 2 aromatic heterocycles. The molecule has 140 valence electrons. The maximum atomic E-state index is 6.22. The van der Waals surface area contributed by atoms with Gasteiger partial charge in [-0.3, -0.25) is 9.88 Å². The van der Waals surface area contributed by atoms with Crippen LogP contribution in [-0.2, 0) is 13.1 Å². The Morgan fingerprint density at radius 2 is 2.15 bits per heavy atom. The molecule has 2 aliphatic rings. The van der Waals surface area contributed by atoms with Gasteiger partial charge in [0.05, 0.1) is 10.7 Å². The lowest BCUT2D eigenvalue weighted by atomic mass is 9.86. The van der Waals surface area contributed by atoms with Crippen LogP contribution in [0.25, 0.3) is 0 Å². The molecule has 0 radical (unpaired) electrons. The fourth-order valence-electron chi connectivity index (χ4n) is 3.63. The number of hydrogen-bond acceptors (Lipinski definition) is 6. The molecule has 5 nitrogen and oxygen atoms in total. The van der Waals surface area contributed by atoms with Crippen molar-refractivity contribution in [2.45, 2.75) is 50.8 Å². The first kappa shape index (κ1) is 17.9. The number of ether oxygens (including phenoxy) is 1. The van der Waals surface area contributed by atoms with Crippen molar-refractivity contribution in [3.63, 3.8) is 0 Å². The summed E-state index contributed by atoms with van der Waals surface area (Å²) < 4.78 is 6.22. The second kappa shape index (κ2) is 8.03. The molecule has 0 amide bonds. The minimum absolute atomic E-state index is 0.267. The van der Waals surface area contributed by atoms with Gasteiger partial charge in [0.1, 0.15) is 11.9 Å². The lowest BCUT2D eigenvalue weighted by Gasteiger charge is -2.22. The summed E-state index contributed by atoms with van der Waals surface area (Å²) in [4.78, 5) is 15.1. The highest BCUT2D eigenvalue weighted by molar-refractivity contribution is 7.11. The fraction of sp³-hybridized carbons (Fsp3) is 0.600. The van der Waals surface area contributed by atoms with Crippen molar-refractivity contribution in [3.05, 3.63) is 40.1 Å². The van der Waals surface area contributed by atoms with Crippen molar-refractivity contribution in [2.75, 3.05) is 27.2 Å². The third-order valence-corrected chi connectivity index (χ3v) is 6.35. The number of thiazole rings is 1. The molecule has 2 fully saturated rings. The third-order valence-electron chi connectivity index (χ3n) is 5.20. The number of likely N-dealkylation sites (tertiary alicyclic amines) is 1. The third kappa shape index (κ3) is 4.42. The van der Waals surface area contributed by atoms with E-state index in [2.05, 4.69) is 46.1 Å². The highest BCUT2D eigenvalue weighted by atomic mass is 32.1. The van der Waals surface area contributed by atoms with Crippen LogP contribution in [0.15, 0.2) is 24.5 Å². The average molecular weight is 373 g/mol. The summed E-state index contributed by atoms with van der Waals surface area (Å²) in [5.74, 6) is 1.68. The Morgan fingerprint density at radius 1 is 1.27 bits per heavy atom. The fourth-order valence-corrected chi connectivity index (χ4v) is 4.76. The van der Waals surface area contributed by atoms with Crippen LogP contribution < -0.4 is 4.74 Å². The van der Waals surface area contributed by atoms with Gasteiger partial charge in [0.2, 0.25) is 0 Å². The van der Waals surface area contributed by atoms with E-state index in [4.69, 9.17) is 4.74 Å². The summed E-state index contributed by atoms with van der Waals surface area (Å²) in [6.07, 6.45) is 9.31. The molecule has 1 atom stereocenters. The van der Waals surface area contributed by atoms with Gasteiger partial charge < -0.3 is 9.64 Å². The van der Waals surface area contributed by atoms with E-state index in [1.54, 1.807) is 0 Å². The summed E-state index contributed by atoms with van der Waals surface area (Å²) in [5, 5.41) is 1.35. The second-order valence-corrected chi connectivity index (χ2v) is 8.92. The predicted molar refractivity (Wildman–Crippen MR) is 105 cm³/mol. The van der Waals surface area contributed by atoms with E-state index in [0.717, 1.165) is 50.0 Å². The average Bonchev–Trinajstić information content (AvgIpc) is 3.16. The highest BCUT2D eigenvalue weighted by Crippen LogP contribution is 2.38. The van der Waals surface area contributed by atoms with Crippen molar-refractivity contribution in [3.8, 4) is 5.75 Å². The smallest absolute Gasteiger partial charge is 0.123 e. The Labute approximate surface area is 160 Å². The number of aromatic nitrogens is 2. The van der Waals surface area contributed by atoms with Gasteiger partial charge in [-0.05, 0) is 39.4 Å². The summed E-state index contributed by atoms with van der Waals surface area (Å²) in [6.45, 7) is 3.92. The minimum Gasteiger partial charge on any atom is -0.489 e. The van der Waals surface area contributed by atoms with Crippen LogP contribution in [-0.4, -0.2) is 53.1 Å². The maximum Gasteiger partial charge on any atom is 0.123 e. The van der Waals surface area contributed by atoms with Crippen LogP contribution >= 0.6 is 11.3 Å². The van der Waals surface area contributed by atoms with E-state index >= 15 is 0 Å². The van der Waals surface area contributed by atoms with Gasteiger partial charge in [-0.25, -0.2) is 4.98 Å². The molecular weight excluding hydrogens is 344 g/mol. The molecule has 6 heteroatoms. The molecule has 0 bridgehead atoms. The number of rotatable bonds is 7. The molecule has 1 aliphatic carbocycles. The summed E-state index contributed by atoms with van der Waals surface area (Å²) in [5.41, 5.74) is 1.05. The molecule has 4 rings (SSSR count). The van der Waals surface area contributed by atoms with Crippen molar-refractivity contribution in [1.82, 2.24) is 19.8 Å². The molecule has 1 saturated heterocycles. The van der Waals surface area contributed by atoms with Crippen molar-refractivity contribution in [2.24, 2.45) is 0 Å². The molecule has 0 spiro atoms. The largest absolute Gasteiger partial charge is 0.489 e. The lowest BCUT2D eigenvalue weighted by molar-refractivity contribution is 0.198. The van der Waals surface area contributed by atoms with Crippen molar-refractivity contribution in [1.29, 1.82) is 0 Å². The van der Waals surface area contributed by atoms with Gasteiger partial charge in [0.25, 0.3) is 0 Å². The van der Waals surface area contributed by atoms with Crippen LogP contribution in [0.2, 0.25) is 0 Å².